The molecule has 100 valence electrons. The fourth-order valence-corrected chi connectivity index (χ4v) is 1.64. The maximum atomic E-state index is 10.0. The number of aliphatic hydroxyl groups is 1. The molecule has 0 amide bonds. The van der Waals surface area contributed by atoms with Crippen molar-refractivity contribution < 1.29 is 9.84 Å². The van der Waals surface area contributed by atoms with Gasteiger partial charge in [0.25, 0.3) is 0 Å². The lowest BCUT2D eigenvalue weighted by Crippen LogP contribution is -2.14. The van der Waals surface area contributed by atoms with Gasteiger partial charge in [0.1, 0.15) is 0 Å². The van der Waals surface area contributed by atoms with Crippen molar-refractivity contribution in [1.29, 1.82) is 0 Å². The molecule has 5 heteroatoms. The molecule has 1 heterocycles. The second kappa shape index (κ2) is 6.70. The van der Waals surface area contributed by atoms with Crippen molar-refractivity contribution in [2.24, 2.45) is 0 Å². The maximum Gasteiger partial charge on any atom is 0.226 e. The molecule has 0 bridgehead atoms. The Bertz CT molecular complexity index is 505. The average Bonchev–Trinajstić information content (AvgIpc) is 2.46. The normalized spacial score (nSPS) is 11.9. The minimum atomic E-state index is -0.597. The van der Waals surface area contributed by atoms with Crippen LogP contribution in [0.5, 0.6) is 5.88 Å². The molecule has 0 radical (unpaired) electrons. The highest BCUT2D eigenvalue weighted by atomic mass is 16.5. The summed E-state index contributed by atoms with van der Waals surface area (Å²) in [5.41, 5.74) is 0.857. The zero-order valence-electron chi connectivity index (χ0n) is 10.8. The molecule has 19 heavy (non-hydrogen) atoms. The molecule has 2 aromatic rings. The quantitative estimate of drug-likeness (QED) is 0.830. The molecule has 2 rings (SSSR count). The Hall–Kier alpha value is -2.14. The van der Waals surface area contributed by atoms with Crippen molar-refractivity contribution in [2.45, 2.75) is 13.0 Å². The molecule has 0 unspecified atom stereocenters. The first-order chi connectivity index (χ1) is 9.29. The molecule has 0 aliphatic heterocycles. The van der Waals surface area contributed by atoms with Crippen LogP contribution in [0.4, 0.5) is 5.95 Å². The van der Waals surface area contributed by atoms with Crippen molar-refractivity contribution in [3.8, 4) is 5.88 Å². The lowest BCUT2D eigenvalue weighted by molar-refractivity contribution is 0.191. The molecule has 0 spiro atoms. The largest absolute Gasteiger partial charge is 0.478 e. The molecular weight excluding hydrogens is 242 g/mol. The van der Waals surface area contributed by atoms with Crippen LogP contribution in [0.15, 0.2) is 42.6 Å². The highest BCUT2D eigenvalue weighted by Gasteiger charge is 2.07. The van der Waals surface area contributed by atoms with Gasteiger partial charge in [0.2, 0.25) is 11.8 Å². The monoisotopic (exact) mass is 259 g/mol. The van der Waals surface area contributed by atoms with E-state index in [4.69, 9.17) is 4.74 Å². The van der Waals surface area contributed by atoms with E-state index in [1.165, 1.54) is 0 Å². The van der Waals surface area contributed by atoms with Crippen LogP contribution in [0, 0.1) is 0 Å². The topological polar surface area (TPSA) is 67.3 Å². The van der Waals surface area contributed by atoms with Crippen LogP contribution in [-0.2, 0) is 0 Å². The third-order valence-corrected chi connectivity index (χ3v) is 2.56. The number of hydrogen-bond donors (Lipinski definition) is 2. The first-order valence-corrected chi connectivity index (χ1v) is 6.22. The van der Waals surface area contributed by atoms with E-state index in [-0.39, 0.29) is 0 Å². The molecule has 1 aromatic heterocycles. The van der Waals surface area contributed by atoms with E-state index in [9.17, 15) is 5.11 Å². The number of hydrogen-bond acceptors (Lipinski definition) is 5. The Labute approximate surface area is 112 Å². The number of rotatable bonds is 6. The SMILES string of the molecule is CCOc1ccnc(NC[C@H](O)c2ccccc2)n1. The van der Waals surface area contributed by atoms with Crippen LogP contribution in [0.3, 0.4) is 0 Å². The van der Waals surface area contributed by atoms with Gasteiger partial charge < -0.3 is 15.2 Å². The first-order valence-electron chi connectivity index (χ1n) is 6.22. The minimum absolute atomic E-state index is 0.347. The summed E-state index contributed by atoms with van der Waals surface area (Å²) >= 11 is 0. The Morgan fingerprint density at radius 2 is 2.05 bits per heavy atom. The Morgan fingerprint density at radius 3 is 2.79 bits per heavy atom. The van der Waals surface area contributed by atoms with Crippen molar-refractivity contribution in [1.82, 2.24) is 9.97 Å². The molecule has 0 saturated carbocycles. The average molecular weight is 259 g/mol. The summed E-state index contributed by atoms with van der Waals surface area (Å²) in [4.78, 5) is 8.25. The summed E-state index contributed by atoms with van der Waals surface area (Å²) in [5, 5.41) is 13.0. The zero-order chi connectivity index (χ0) is 13.5. The third kappa shape index (κ3) is 3.93. The Kier molecular flexibility index (Phi) is 4.69. The molecule has 1 atom stereocenters. The summed E-state index contributed by atoms with van der Waals surface area (Å²) in [6.45, 7) is 2.80. The predicted molar refractivity (Wildman–Crippen MR) is 73.1 cm³/mol. The van der Waals surface area contributed by atoms with Gasteiger partial charge in [-0.1, -0.05) is 30.3 Å². The van der Waals surface area contributed by atoms with E-state index in [0.717, 1.165) is 5.56 Å². The van der Waals surface area contributed by atoms with Gasteiger partial charge in [0.05, 0.1) is 12.7 Å². The highest BCUT2D eigenvalue weighted by Crippen LogP contribution is 2.13. The summed E-state index contributed by atoms with van der Waals surface area (Å²) in [6.07, 6.45) is 1.02. The lowest BCUT2D eigenvalue weighted by Gasteiger charge is -2.12. The molecule has 0 aliphatic carbocycles. The van der Waals surface area contributed by atoms with Gasteiger partial charge in [-0.15, -0.1) is 0 Å². The van der Waals surface area contributed by atoms with Crippen molar-refractivity contribution >= 4 is 5.95 Å². The molecule has 2 N–H and O–H groups in total. The number of nitrogens with zero attached hydrogens (tertiary/aromatic N) is 2. The van der Waals surface area contributed by atoms with Gasteiger partial charge in [0, 0.05) is 18.8 Å². The third-order valence-electron chi connectivity index (χ3n) is 2.56. The lowest BCUT2D eigenvalue weighted by atomic mass is 10.1. The highest BCUT2D eigenvalue weighted by molar-refractivity contribution is 5.29. The molecule has 0 fully saturated rings. The Balaban J connectivity index is 1.93. The molecular formula is C14H17N3O2. The summed E-state index contributed by atoms with van der Waals surface area (Å²) < 4.78 is 5.28. The van der Waals surface area contributed by atoms with E-state index < -0.39 is 6.10 Å². The summed E-state index contributed by atoms with van der Waals surface area (Å²) in [6, 6.07) is 11.2. The van der Waals surface area contributed by atoms with Crippen LogP contribution in [0.25, 0.3) is 0 Å². The standard InChI is InChI=1S/C14H17N3O2/c1-2-19-13-8-9-15-14(17-13)16-10-12(18)11-6-4-3-5-7-11/h3-9,12,18H,2,10H2,1H3,(H,15,16,17)/t12-/m0/s1. The van der Waals surface area contributed by atoms with Crippen LogP contribution in [-0.4, -0.2) is 28.2 Å². The van der Waals surface area contributed by atoms with Gasteiger partial charge in [0.15, 0.2) is 0 Å². The Morgan fingerprint density at radius 1 is 1.26 bits per heavy atom. The van der Waals surface area contributed by atoms with Crippen molar-refractivity contribution in [3.05, 3.63) is 48.2 Å². The van der Waals surface area contributed by atoms with E-state index >= 15 is 0 Å². The molecule has 1 aromatic carbocycles. The summed E-state index contributed by atoms with van der Waals surface area (Å²) in [7, 11) is 0. The number of aromatic nitrogens is 2. The predicted octanol–water partition coefficient (Wildman–Crippen LogP) is 2.02. The number of anilines is 1. The van der Waals surface area contributed by atoms with Gasteiger partial charge >= 0.3 is 0 Å². The van der Waals surface area contributed by atoms with Crippen LogP contribution in [0.1, 0.15) is 18.6 Å². The van der Waals surface area contributed by atoms with Crippen LogP contribution < -0.4 is 10.1 Å². The number of ether oxygens (including phenoxy) is 1. The number of nitrogens with one attached hydrogen (secondary N) is 1. The van der Waals surface area contributed by atoms with Crippen LogP contribution in [0.2, 0.25) is 0 Å². The van der Waals surface area contributed by atoms with Crippen LogP contribution >= 0.6 is 0 Å². The van der Waals surface area contributed by atoms with Gasteiger partial charge in [-0.3, -0.25) is 0 Å². The second-order valence-corrected chi connectivity index (χ2v) is 3.96. The van der Waals surface area contributed by atoms with E-state index in [1.54, 1.807) is 12.3 Å². The fraction of sp³-hybridized carbons (Fsp3) is 0.286. The molecule has 0 aliphatic rings. The number of aliphatic hydroxyl groups excluding tert-OH is 1. The maximum absolute atomic E-state index is 10.0. The van der Waals surface area contributed by atoms with Gasteiger partial charge in [-0.2, -0.15) is 4.98 Å². The molecule has 0 saturated heterocycles. The molecule has 5 nitrogen and oxygen atoms in total. The fourth-order valence-electron chi connectivity index (χ4n) is 1.64. The van der Waals surface area contributed by atoms with Crippen molar-refractivity contribution in [2.75, 3.05) is 18.5 Å². The number of benzene rings is 1. The second-order valence-electron chi connectivity index (χ2n) is 3.96. The first kappa shape index (κ1) is 13.3. The zero-order valence-corrected chi connectivity index (χ0v) is 10.8. The minimum Gasteiger partial charge on any atom is -0.478 e. The van der Waals surface area contributed by atoms with Gasteiger partial charge in [-0.05, 0) is 12.5 Å². The smallest absolute Gasteiger partial charge is 0.226 e. The summed E-state index contributed by atoms with van der Waals surface area (Å²) in [5.74, 6) is 0.968. The van der Waals surface area contributed by atoms with Crippen molar-refractivity contribution in [3.63, 3.8) is 0 Å². The van der Waals surface area contributed by atoms with Gasteiger partial charge in [-0.25, -0.2) is 4.98 Å². The van der Waals surface area contributed by atoms with E-state index in [0.29, 0.717) is 25.0 Å². The van der Waals surface area contributed by atoms with E-state index in [1.807, 2.05) is 37.3 Å². The van der Waals surface area contributed by atoms with E-state index in [2.05, 4.69) is 15.3 Å².